The summed E-state index contributed by atoms with van der Waals surface area (Å²) in [6, 6.07) is 0. The Balaban J connectivity index is 1.37. The Morgan fingerprint density at radius 2 is 1.74 bits per heavy atom. The number of imidazole rings is 1. The lowest BCUT2D eigenvalue weighted by Crippen LogP contribution is -2.58. The number of aliphatic hydroxyl groups excluding tert-OH is 5. The molecular weight excluding hydrogens is 668 g/mol. The zero-order valence-corrected chi connectivity index (χ0v) is 25.0. The Hall–Kier alpha value is -1.50. The van der Waals surface area contributed by atoms with Crippen LogP contribution in [0, 0.1) is 0 Å². The van der Waals surface area contributed by atoms with E-state index in [1.165, 1.54) is 6.92 Å². The molecule has 0 aromatic carbocycles. The third-order valence-electron chi connectivity index (χ3n) is 5.98. The summed E-state index contributed by atoms with van der Waals surface area (Å²) in [5.74, 6) is -0.419. The predicted molar refractivity (Wildman–Crippen MR) is 144 cm³/mol. The molecule has 0 amide bonds. The number of hydrogen-bond acceptors (Lipinski definition) is 19. The fourth-order valence-corrected chi connectivity index (χ4v) is 7.93. The average Bonchev–Trinajstić information content (AvgIpc) is 3.43. The van der Waals surface area contributed by atoms with E-state index in [0.717, 1.165) is 32.5 Å². The molecular formula is C18H27N5O16P2S2. The van der Waals surface area contributed by atoms with E-state index in [0.29, 0.717) is 0 Å². The number of nitrogens with two attached hydrogens (primary N) is 1. The molecule has 0 bridgehead atoms. The summed E-state index contributed by atoms with van der Waals surface area (Å²) >= 11 is 0. The average molecular weight is 696 g/mol. The second-order valence-electron chi connectivity index (χ2n) is 9.12. The first-order valence-corrected chi connectivity index (χ1v) is 17.2. The van der Waals surface area contributed by atoms with E-state index in [4.69, 9.17) is 15.2 Å². The molecule has 25 heteroatoms. The van der Waals surface area contributed by atoms with Crippen LogP contribution in [-0.2, 0) is 36.8 Å². The van der Waals surface area contributed by atoms with Crippen molar-refractivity contribution in [2.24, 2.45) is 0 Å². The van der Waals surface area contributed by atoms with Gasteiger partial charge < -0.3 is 50.5 Å². The van der Waals surface area contributed by atoms with Crippen LogP contribution in [0.4, 0.5) is 5.95 Å². The maximum Gasteiger partial charge on any atom is 0.483 e. The molecule has 2 aromatic rings. The molecule has 0 spiro atoms. The van der Waals surface area contributed by atoms with Gasteiger partial charge in [-0.25, -0.2) is 14.1 Å². The van der Waals surface area contributed by atoms with Crippen molar-refractivity contribution in [1.82, 2.24) is 19.5 Å². The first kappa shape index (κ1) is 34.4. The van der Waals surface area contributed by atoms with Gasteiger partial charge in [-0.1, -0.05) is 10.8 Å². The summed E-state index contributed by atoms with van der Waals surface area (Å²) in [4.78, 5) is 53.1. The largest absolute Gasteiger partial charge is 0.483 e. The number of nitrogens with zero attached hydrogens (tertiary/aromatic N) is 3. The van der Waals surface area contributed by atoms with Gasteiger partial charge in [0.2, 0.25) is 5.95 Å². The zero-order valence-electron chi connectivity index (χ0n) is 21.6. The number of phosphoric acid groups is 2. The monoisotopic (exact) mass is 695 g/mol. The normalized spacial score (nSPS) is 34.2. The number of rotatable bonds is 11. The smallest absolute Gasteiger partial charge is 0.388 e. The van der Waals surface area contributed by atoms with E-state index in [9.17, 15) is 54.0 Å². The minimum absolute atomic E-state index is 0.114. The quantitative estimate of drug-likeness (QED) is 0.0853. The number of H-pyrrole nitrogens is 1. The second kappa shape index (κ2) is 13.5. The lowest BCUT2D eigenvalue weighted by molar-refractivity contribution is -0.270. The molecule has 0 saturated carbocycles. The maximum absolute atomic E-state index is 12.5. The number of nitrogens with one attached hydrogen (secondary N) is 1. The Labute approximate surface area is 247 Å². The number of hydrogen-bond donors (Lipinski definition) is 9. The fraction of sp³-hybridized carbons (Fsp3) is 0.667. The third-order valence-corrected chi connectivity index (χ3v) is 10.9. The highest BCUT2D eigenvalue weighted by atomic mass is 33.1. The van der Waals surface area contributed by atoms with E-state index in [-0.39, 0.29) is 28.0 Å². The van der Waals surface area contributed by atoms with Crippen LogP contribution >= 0.6 is 37.2 Å². The van der Waals surface area contributed by atoms with Gasteiger partial charge in [-0.2, -0.15) is 9.29 Å². The SMILES string of the molecule is CC(=O)SSCC1OC(OP(=O)(O)OP(=O)(O)OCC2OC(n3cnc4c(=O)[nH]c(N)nc43)C(O)C2O)C(O)C(O)C1O. The molecule has 2 aliphatic heterocycles. The highest BCUT2D eigenvalue weighted by Crippen LogP contribution is 2.61. The molecule has 21 nitrogen and oxygen atoms in total. The van der Waals surface area contributed by atoms with Gasteiger partial charge in [0, 0.05) is 12.7 Å². The van der Waals surface area contributed by atoms with E-state index in [1.54, 1.807) is 0 Å². The lowest BCUT2D eigenvalue weighted by Gasteiger charge is -2.40. The molecule has 2 aromatic heterocycles. The van der Waals surface area contributed by atoms with Crippen molar-refractivity contribution in [1.29, 1.82) is 0 Å². The zero-order chi connectivity index (χ0) is 31.9. The van der Waals surface area contributed by atoms with Crippen LogP contribution in [0.25, 0.3) is 11.2 Å². The lowest BCUT2D eigenvalue weighted by atomic mass is 10.0. The number of aromatic amines is 1. The van der Waals surface area contributed by atoms with Gasteiger partial charge in [-0.15, -0.1) is 0 Å². The number of ether oxygens (including phenoxy) is 2. The van der Waals surface area contributed by atoms with Gasteiger partial charge in [-0.3, -0.25) is 28.2 Å². The van der Waals surface area contributed by atoms with E-state index >= 15 is 0 Å². The molecule has 11 atom stereocenters. The van der Waals surface area contributed by atoms with E-state index in [1.807, 2.05) is 0 Å². The Morgan fingerprint density at radius 1 is 1.07 bits per heavy atom. The van der Waals surface area contributed by atoms with E-state index < -0.39 is 83.1 Å². The summed E-state index contributed by atoms with van der Waals surface area (Å²) in [5, 5.41) is 50.9. The number of carbonyl (C=O) groups excluding carboxylic acids is 1. The molecule has 2 fully saturated rings. The predicted octanol–water partition coefficient (Wildman–Crippen LogP) is -2.69. The molecule has 0 radical (unpaired) electrons. The maximum atomic E-state index is 12.5. The van der Waals surface area contributed by atoms with Gasteiger partial charge in [0.1, 0.15) is 36.6 Å². The second-order valence-corrected chi connectivity index (χ2v) is 14.6. The van der Waals surface area contributed by atoms with Crippen molar-refractivity contribution in [3.63, 3.8) is 0 Å². The first-order valence-electron chi connectivity index (χ1n) is 11.9. The van der Waals surface area contributed by atoms with Crippen LogP contribution < -0.4 is 11.3 Å². The highest BCUT2D eigenvalue weighted by molar-refractivity contribution is 8.82. The first-order chi connectivity index (χ1) is 20.0. The van der Waals surface area contributed by atoms with Crippen LogP contribution in [0.2, 0.25) is 0 Å². The Kier molecular flexibility index (Phi) is 10.8. The number of aliphatic hydroxyl groups is 5. The molecule has 2 saturated heterocycles. The summed E-state index contributed by atoms with van der Waals surface area (Å²) in [6.45, 7) is 0.277. The molecule has 2 aliphatic rings. The minimum atomic E-state index is -5.61. The van der Waals surface area contributed by atoms with Gasteiger partial charge in [0.05, 0.1) is 19.0 Å². The van der Waals surface area contributed by atoms with Crippen molar-refractivity contribution in [2.75, 3.05) is 18.1 Å². The number of anilines is 1. The summed E-state index contributed by atoms with van der Waals surface area (Å²) in [5.41, 5.74) is 4.56. The van der Waals surface area contributed by atoms with Gasteiger partial charge in [0.15, 0.2) is 28.8 Å². The Bertz CT molecular complexity index is 1480. The third kappa shape index (κ3) is 8.02. The van der Waals surface area contributed by atoms with Crippen molar-refractivity contribution in [3.05, 3.63) is 16.7 Å². The van der Waals surface area contributed by atoms with E-state index in [2.05, 4.69) is 28.3 Å². The van der Waals surface area contributed by atoms with Crippen molar-refractivity contribution >= 4 is 59.5 Å². The molecule has 43 heavy (non-hydrogen) atoms. The minimum Gasteiger partial charge on any atom is -0.388 e. The van der Waals surface area contributed by atoms with Crippen LogP contribution in [-0.4, -0.2) is 121 Å². The molecule has 242 valence electrons. The molecule has 4 rings (SSSR count). The van der Waals surface area contributed by atoms with Gasteiger partial charge in [-0.05, 0) is 10.8 Å². The van der Waals surface area contributed by atoms with Crippen LogP contribution in [0.3, 0.4) is 0 Å². The van der Waals surface area contributed by atoms with Crippen molar-refractivity contribution < 1.29 is 72.1 Å². The molecule has 4 heterocycles. The Morgan fingerprint density at radius 3 is 2.42 bits per heavy atom. The summed E-state index contributed by atoms with van der Waals surface area (Å²) in [6.07, 6.45) is -14.5. The van der Waals surface area contributed by atoms with Crippen LogP contribution in [0.5, 0.6) is 0 Å². The number of fused-ring (bicyclic) bond motifs is 1. The topological polar surface area (TPSA) is 329 Å². The van der Waals surface area contributed by atoms with Gasteiger partial charge >= 0.3 is 15.6 Å². The fourth-order valence-electron chi connectivity index (χ4n) is 4.02. The summed E-state index contributed by atoms with van der Waals surface area (Å²) in [7, 11) is -9.42. The number of phosphoric ester groups is 2. The molecule has 10 N–H and O–H groups in total. The van der Waals surface area contributed by atoms with Crippen LogP contribution in [0.1, 0.15) is 13.2 Å². The number of aromatic nitrogens is 4. The number of nitrogen functional groups attached to an aromatic ring is 1. The highest BCUT2D eigenvalue weighted by Gasteiger charge is 2.49. The van der Waals surface area contributed by atoms with Crippen molar-refractivity contribution in [3.8, 4) is 0 Å². The molecule has 11 unspecified atom stereocenters. The standard InChI is InChI=1S/C18H27N5O16P2S2/c1-5(24)43-42-3-7-10(26)11(27)13(29)17(37-7)38-41(33,34)39-40(31,32)35-2-6-9(25)12(28)16(36-6)23-4-20-8-14(23)21-18(19)22-15(8)30/h4,6-7,9-13,16-17,25-29H,2-3H2,1H3,(H,31,32)(H,33,34)(H3,19,21,22,30). The summed E-state index contributed by atoms with van der Waals surface area (Å²) < 4.78 is 50.1. The van der Waals surface area contributed by atoms with Gasteiger partial charge in [0.25, 0.3) is 5.56 Å². The van der Waals surface area contributed by atoms with Crippen molar-refractivity contribution in [2.45, 2.75) is 62.2 Å². The molecule has 0 aliphatic carbocycles. The number of carbonyl (C=O) groups is 1. The van der Waals surface area contributed by atoms with Crippen LogP contribution in [0.15, 0.2) is 11.1 Å².